The monoisotopic (exact) mass is 456 g/mol. The van der Waals surface area contributed by atoms with Crippen molar-refractivity contribution < 1.29 is 4.79 Å². The fourth-order valence-corrected chi connectivity index (χ4v) is 4.65. The van der Waals surface area contributed by atoms with Crippen LogP contribution in [0.1, 0.15) is 46.9 Å². The van der Waals surface area contributed by atoms with Crippen LogP contribution in [-0.4, -0.2) is 55.0 Å². The molecule has 0 radical (unpaired) electrons. The van der Waals surface area contributed by atoms with Crippen LogP contribution in [0.5, 0.6) is 0 Å². The molecule has 0 aliphatic carbocycles. The third-order valence-electron chi connectivity index (χ3n) is 6.58. The van der Waals surface area contributed by atoms with Crippen LogP contribution in [0, 0.1) is 6.92 Å². The van der Waals surface area contributed by atoms with Gasteiger partial charge in [-0.15, -0.1) is 0 Å². The summed E-state index contributed by atoms with van der Waals surface area (Å²) in [7, 11) is 0. The molecular weight excluding hydrogens is 420 g/mol. The second kappa shape index (κ2) is 11.3. The van der Waals surface area contributed by atoms with Crippen molar-refractivity contribution in [2.24, 2.45) is 0 Å². The Morgan fingerprint density at radius 2 is 1.59 bits per heavy atom. The first-order chi connectivity index (χ1) is 16.6. The molecule has 0 unspecified atom stereocenters. The third-order valence-corrected chi connectivity index (χ3v) is 6.58. The zero-order chi connectivity index (χ0) is 23.9. The normalized spacial score (nSPS) is 15.0. The van der Waals surface area contributed by atoms with E-state index < -0.39 is 0 Å². The van der Waals surface area contributed by atoms with Crippen molar-refractivity contribution >= 4 is 17.3 Å². The highest BCUT2D eigenvalue weighted by atomic mass is 16.2. The van der Waals surface area contributed by atoms with Gasteiger partial charge < -0.3 is 15.5 Å². The summed E-state index contributed by atoms with van der Waals surface area (Å²) in [5, 5.41) is 7.02. The molecule has 0 spiro atoms. The number of carbonyl (C=O) groups excluding carboxylic acids is 1. The first-order valence-electron chi connectivity index (χ1n) is 12.4. The lowest BCUT2D eigenvalue weighted by molar-refractivity contribution is 0.0773. The molecule has 1 heterocycles. The number of aryl methyl sites for hydroxylation is 1. The number of hydrogen-bond acceptors (Lipinski definition) is 4. The summed E-state index contributed by atoms with van der Waals surface area (Å²) in [6, 6.07) is 25.5. The zero-order valence-electron chi connectivity index (χ0n) is 20.6. The third kappa shape index (κ3) is 5.66. The second-order valence-corrected chi connectivity index (χ2v) is 8.90. The predicted octanol–water partition coefficient (Wildman–Crippen LogP) is 5.22. The van der Waals surface area contributed by atoms with E-state index in [1.54, 1.807) is 0 Å². The summed E-state index contributed by atoms with van der Waals surface area (Å²) >= 11 is 0. The number of benzene rings is 3. The molecule has 1 aliphatic rings. The summed E-state index contributed by atoms with van der Waals surface area (Å²) in [6.07, 6.45) is 0. The molecule has 34 heavy (non-hydrogen) atoms. The van der Waals surface area contributed by atoms with Gasteiger partial charge in [0, 0.05) is 56.2 Å². The Balaban J connectivity index is 1.63. The van der Waals surface area contributed by atoms with Crippen LogP contribution >= 0.6 is 0 Å². The van der Waals surface area contributed by atoms with Crippen molar-refractivity contribution in [3.63, 3.8) is 0 Å². The summed E-state index contributed by atoms with van der Waals surface area (Å²) < 4.78 is 0. The summed E-state index contributed by atoms with van der Waals surface area (Å²) in [5.41, 5.74) is 6.63. The van der Waals surface area contributed by atoms with Crippen LogP contribution in [0.15, 0.2) is 72.8 Å². The summed E-state index contributed by atoms with van der Waals surface area (Å²) in [6.45, 7) is 11.5. The van der Waals surface area contributed by atoms with E-state index in [1.807, 2.05) is 30.9 Å². The average Bonchev–Trinajstić information content (AvgIpc) is 2.88. The minimum atomic E-state index is 0.0968. The minimum absolute atomic E-state index is 0.0968. The van der Waals surface area contributed by atoms with E-state index in [0.717, 1.165) is 56.2 Å². The van der Waals surface area contributed by atoms with Crippen LogP contribution < -0.4 is 10.6 Å². The van der Waals surface area contributed by atoms with Crippen LogP contribution in [0.3, 0.4) is 0 Å². The zero-order valence-corrected chi connectivity index (χ0v) is 20.6. The molecule has 5 heteroatoms. The number of amides is 1. The predicted molar refractivity (Wildman–Crippen MR) is 141 cm³/mol. The maximum absolute atomic E-state index is 12.8. The van der Waals surface area contributed by atoms with Crippen molar-refractivity contribution in [3.05, 3.63) is 95.1 Å². The molecule has 178 valence electrons. The second-order valence-electron chi connectivity index (χ2n) is 8.90. The summed E-state index contributed by atoms with van der Waals surface area (Å²) in [5.74, 6) is 0.0968. The largest absolute Gasteiger partial charge is 0.356 e. The van der Waals surface area contributed by atoms with Gasteiger partial charge in [0.25, 0.3) is 5.91 Å². The van der Waals surface area contributed by atoms with Crippen LogP contribution in [-0.2, 0) is 0 Å². The van der Waals surface area contributed by atoms with E-state index in [0.29, 0.717) is 0 Å². The number of nitrogens with zero attached hydrogens (tertiary/aromatic N) is 2. The molecule has 4 rings (SSSR count). The highest BCUT2D eigenvalue weighted by Crippen LogP contribution is 2.31. The SMILES string of the molecule is CCN(CC)C(=O)c1ccc([C@@H](c2cccc(Nc3ccc(C)cc3)c2)N2CCNCC2)cc1. The van der Waals surface area contributed by atoms with Gasteiger partial charge in [0.1, 0.15) is 0 Å². The Kier molecular flexibility index (Phi) is 7.99. The molecule has 1 atom stereocenters. The van der Waals surface area contributed by atoms with E-state index in [-0.39, 0.29) is 11.9 Å². The molecule has 0 saturated carbocycles. The molecule has 3 aromatic rings. The van der Waals surface area contributed by atoms with Gasteiger partial charge in [-0.1, -0.05) is 42.0 Å². The van der Waals surface area contributed by atoms with E-state index >= 15 is 0 Å². The number of hydrogen-bond donors (Lipinski definition) is 2. The molecule has 1 fully saturated rings. The van der Waals surface area contributed by atoms with Crippen molar-refractivity contribution in [3.8, 4) is 0 Å². The quantitative estimate of drug-likeness (QED) is 0.488. The van der Waals surface area contributed by atoms with Crippen molar-refractivity contribution in [1.82, 2.24) is 15.1 Å². The molecule has 0 aromatic heterocycles. The highest BCUT2D eigenvalue weighted by molar-refractivity contribution is 5.94. The fourth-order valence-electron chi connectivity index (χ4n) is 4.65. The van der Waals surface area contributed by atoms with Gasteiger partial charge >= 0.3 is 0 Å². The first-order valence-corrected chi connectivity index (χ1v) is 12.4. The summed E-state index contributed by atoms with van der Waals surface area (Å²) in [4.78, 5) is 17.2. The topological polar surface area (TPSA) is 47.6 Å². The number of carbonyl (C=O) groups is 1. The van der Waals surface area contributed by atoms with Gasteiger partial charge in [0.15, 0.2) is 0 Å². The fraction of sp³-hybridized carbons (Fsp3) is 0.345. The van der Waals surface area contributed by atoms with E-state index in [1.165, 1.54) is 16.7 Å². The van der Waals surface area contributed by atoms with E-state index in [4.69, 9.17) is 0 Å². The lowest BCUT2D eigenvalue weighted by Gasteiger charge is -2.36. The van der Waals surface area contributed by atoms with Gasteiger partial charge in [0.05, 0.1) is 6.04 Å². The van der Waals surface area contributed by atoms with Crippen molar-refractivity contribution in [2.75, 3.05) is 44.6 Å². The number of rotatable bonds is 8. The Bertz CT molecular complexity index is 1070. The van der Waals surface area contributed by atoms with Gasteiger partial charge in [-0.2, -0.15) is 0 Å². The lowest BCUT2D eigenvalue weighted by atomic mass is 9.95. The van der Waals surface area contributed by atoms with E-state index in [2.05, 4.69) is 83.1 Å². The Morgan fingerprint density at radius 3 is 2.24 bits per heavy atom. The first kappa shape index (κ1) is 24.0. The van der Waals surface area contributed by atoms with Crippen LogP contribution in [0.25, 0.3) is 0 Å². The van der Waals surface area contributed by atoms with Gasteiger partial charge in [-0.3, -0.25) is 9.69 Å². The van der Waals surface area contributed by atoms with Crippen molar-refractivity contribution in [1.29, 1.82) is 0 Å². The van der Waals surface area contributed by atoms with E-state index in [9.17, 15) is 4.79 Å². The number of nitrogens with one attached hydrogen (secondary N) is 2. The maximum atomic E-state index is 12.8. The van der Waals surface area contributed by atoms with Gasteiger partial charge in [-0.25, -0.2) is 0 Å². The Morgan fingerprint density at radius 1 is 0.912 bits per heavy atom. The standard InChI is InChI=1S/C29H36N4O/c1-4-32(5-2)29(34)24-13-11-23(12-14-24)28(33-19-17-30-18-20-33)25-7-6-8-27(21-25)31-26-15-9-22(3)10-16-26/h6-16,21,28,30-31H,4-5,17-20H2,1-3H3/t28-/m0/s1. The van der Waals surface area contributed by atoms with Crippen molar-refractivity contribution in [2.45, 2.75) is 26.8 Å². The molecule has 2 N–H and O–H groups in total. The Labute approximate surface area is 203 Å². The molecule has 0 bridgehead atoms. The minimum Gasteiger partial charge on any atom is -0.356 e. The lowest BCUT2D eigenvalue weighted by Crippen LogP contribution is -2.45. The molecule has 1 saturated heterocycles. The van der Waals surface area contributed by atoms with Crippen LogP contribution in [0.2, 0.25) is 0 Å². The Hall–Kier alpha value is -3.15. The smallest absolute Gasteiger partial charge is 0.253 e. The highest BCUT2D eigenvalue weighted by Gasteiger charge is 2.24. The van der Waals surface area contributed by atoms with Crippen LogP contribution in [0.4, 0.5) is 11.4 Å². The van der Waals surface area contributed by atoms with Gasteiger partial charge in [0.2, 0.25) is 0 Å². The molecule has 1 amide bonds. The molecule has 3 aromatic carbocycles. The molecular formula is C29H36N4O. The van der Waals surface area contributed by atoms with Gasteiger partial charge in [-0.05, 0) is 68.3 Å². The molecule has 1 aliphatic heterocycles. The number of anilines is 2. The molecule has 5 nitrogen and oxygen atoms in total. The average molecular weight is 457 g/mol. The number of piperazine rings is 1. The maximum Gasteiger partial charge on any atom is 0.253 e.